The van der Waals surface area contributed by atoms with Crippen LogP contribution in [0.15, 0.2) is 0 Å². The van der Waals surface area contributed by atoms with Gasteiger partial charge in [0.15, 0.2) is 0 Å². The molecule has 0 aromatic rings. The van der Waals surface area contributed by atoms with Crippen LogP contribution >= 0.6 is 0 Å². The van der Waals surface area contributed by atoms with Crippen molar-refractivity contribution in [3.05, 3.63) is 0 Å². The number of imide groups is 1. The van der Waals surface area contributed by atoms with Crippen LogP contribution in [-0.4, -0.2) is 55.6 Å². The lowest BCUT2D eigenvalue weighted by molar-refractivity contribution is -0.121. The van der Waals surface area contributed by atoms with Crippen molar-refractivity contribution < 1.29 is 9.59 Å². The number of fused-ring (bicyclic) bond motifs is 1. The van der Waals surface area contributed by atoms with Crippen molar-refractivity contribution in [2.24, 2.45) is 11.8 Å². The number of nitrogens with one attached hydrogen (secondary N) is 3. The molecule has 6 nitrogen and oxygen atoms in total. The highest BCUT2D eigenvalue weighted by molar-refractivity contribution is 5.95. The van der Waals surface area contributed by atoms with Gasteiger partial charge in [-0.05, 0) is 37.8 Å². The molecule has 1 aliphatic carbocycles. The fraction of sp³-hybridized carbons (Fsp3) is 0.833. The molecular weight excluding hydrogens is 232 g/mol. The van der Waals surface area contributed by atoms with Crippen molar-refractivity contribution in [3.8, 4) is 0 Å². The Kier molecular flexibility index (Phi) is 3.22. The summed E-state index contributed by atoms with van der Waals surface area (Å²) in [5, 5.41) is 8.52. The van der Waals surface area contributed by atoms with Gasteiger partial charge >= 0.3 is 6.03 Å². The molecule has 18 heavy (non-hydrogen) atoms. The molecular formula is C12H20N4O2. The minimum Gasteiger partial charge on any atom is -0.335 e. The average Bonchev–Trinajstić information content (AvgIpc) is 2.84. The van der Waals surface area contributed by atoms with Gasteiger partial charge in [-0.2, -0.15) is 0 Å². The maximum atomic E-state index is 11.7. The second kappa shape index (κ2) is 4.85. The first-order chi connectivity index (χ1) is 8.70. The summed E-state index contributed by atoms with van der Waals surface area (Å²) in [4.78, 5) is 25.3. The van der Waals surface area contributed by atoms with Crippen LogP contribution in [0.3, 0.4) is 0 Å². The van der Waals surface area contributed by atoms with E-state index in [0.717, 1.165) is 39.0 Å². The summed E-state index contributed by atoms with van der Waals surface area (Å²) >= 11 is 0. The van der Waals surface area contributed by atoms with E-state index in [1.54, 1.807) is 0 Å². The van der Waals surface area contributed by atoms with Crippen molar-refractivity contribution in [2.45, 2.75) is 18.9 Å². The molecule has 2 atom stereocenters. The van der Waals surface area contributed by atoms with Gasteiger partial charge in [0.05, 0.1) is 6.54 Å². The van der Waals surface area contributed by atoms with Crippen molar-refractivity contribution in [3.63, 3.8) is 0 Å². The van der Waals surface area contributed by atoms with E-state index in [4.69, 9.17) is 0 Å². The van der Waals surface area contributed by atoms with Crippen LogP contribution in [0.1, 0.15) is 12.8 Å². The van der Waals surface area contributed by atoms with Gasteiger partial charge in [0, 0.05) is 19.1 Å². The first-order valence-corrected chi connectivity index (χ1v) is 6.74. The predicted octanol–water partition coefficient (Wildman–Crippen LogP) is -0.874. The summed E-state index contributed by atoms with van der Waals surface area (Å²) in [5.74, 6) is 1.16. The lowest BCUT2D eigenvalue weighted by Gasteiger charge is -2.16. The first-order valence-electron chi connectivity index (χ1n) is 6.74. The number of urea groups is 1. The lowest BCUT2D eigenvalue weighted by atomic mass is 10.0. The van der Waals surface area contributed by atoms with Gasteiger partial charge in [0.1, 0.15) is 0 Å². The van der Waals surface area contributed by atoms with Gasteiger partial charge in [0.2, 0.25) is 5.91 Å². The molecule has 3 amide bonds. The Balaban J connectivity index is 1.39. The Labute approximate surface area is 106 Å². The Morgan fingerprint density at radius 3 is 2.44 bits per heavy atom. The minimum atomic E-state index is -0.344. The molecule has 1 saturated carbocycles. The third-order valence-corrected chi connectivity index (χ3v) is 4.00. The standard InChI is InChI=1S/C12H20N4O2/c17-11(15-12(18)14-10-1-2-10)7-16-5-8-3-13-4-9(8)6-16/h8-10,13H,1-7H2,(H2,14,15,17,18)/t8-,9+. The van der Waals surface area contributed by atoms with Crippen molar-refractivity contribution in [1.29, 1.82) is 0 Å². The van der Waals surface area contributed by atoms with Crippen LogP contribution in [0.5, 0.6) is 0 Å². The molecule has 2 aliphatic heterocycles. The van der Waals surface area contributed by atoms with Crippen LogP contribution in [-0.2, 0) is 4.79 Å². The second-order valence-corrected chi connectivity index (χ2v) is 5.67. The van der Waals surface area contributed by atoms with E-state index in [-0.39, 0.29) is 18.0 Å². The fourth-order valence-electron chi connectivity index (χ4n) is 2.90. The molecule has 3 aliphatic rings. The van der Waals surface area contributed by atoms with Crippen LogP contribution < -0.4 is 16.0 Å². The zero-order valence-corrected chi connectivity index (χ0v) is 10.4. The Morgan fingerprint density at radius 1 is 1.17 bits per heavy atom. The van der Waals surface area contributed by atoms with Gasteiger partial charge < -0.3 is 10.6 Å². The molecule has 0 unspecified atom stereocenters. The third-order valence-electron chi connectivity index (χ3n) is 4.00. The number of rotatable bonds is 3. The topological polar surface area (TPSA) is 73.5 Å². The molecule has 3 N–H and O–H groups in total. The van der Waals surface area contributed by atoms with E-state index in [9.17, 15) is 9.59 Å². The fourth-order valence-corrected chi connectivity index (χ4v) is 2.90. The number of carbonyl (C=O) groups is 2. The van der Waals surface area contributed by atoms with Gasteiger partial charge in [-0.15, -0.1) is 0 Å². The zero-order valence-electron chi connectivity index (χ0n) is 10.4. The molecule has 0 aromatic heterocycles. The largest absolute Gasteiger partial charge is 0.335 e. The highest BCUT2D eigenvalue weighted by atomic mass is 16.2. The Morgan fingerprint density at radius 2 is 1.83 bits per heavy atom. The number of carbonyl (C=O) groups excluding carboxylic acids is 2. The van der Waals surface area contributed by atoms with Gasteiger partial charge in [-0.25, -0.2) is 4.79 Å². The van der Waals surface area contributed by atoms with Crippen molar-refractivity contribution in [2.75, 3.05) is 32.7 Å². The molecule has 0 aromatic carbocycles. The summed E-state index contributed by atoms with van der Waals surface area (Å²) < 4.78 is 0. The van der Waals surface area contributed by atoms with E-state index in [1.165, 1.54) is 0 Å². The van der Waals surface area contributed by atoms with Gasteiger partial charge in [0.25, 0.3) is 0 Å². The number of hydrogen-bond acceptors (Lipinski definition) is 4. The maximum Gasteiger partial charge on any atom is 0.321 e. The van der Waals surface area contributed by atoms with Gasteiger partial charge in [-0.3, -0.25) is 15.0 Å². The third kappa shape index (κ3) is 2.81. The predicted molar refractivity (Wildman–Crippen MR) is 66.0 cm³/mol. The number of hydrogen-bond donors (Lipinski definition) is 3. The van der Waals surface area contributed by atoms with E-state index < -0.39 is 0 Å². The quantitative estimate of drug-likeness (QED) is 0.610. The smallest absolute Gasteiger partial charge is 0.321 e. The first kappa shape index (κ1) is 11.9. The highest BCUT2D eigenvalue weighted by Gasteiger charge is 2.36. The molecule has 3 rings (SSSR count). The van der Waals surface area contributed by atoms with Crippen LogP contribution in [0.4, 0.5) is 4.79 Å². The van der Waals surface area contributed by atoms with Gasteiger partial charge in [-0.1, -0.05) is 0 Å². The van der Waals surface area contributed by atoms with Crippen LogP contribution in [0.25, 0.3) is 0 Å². The summed E-state index contributed by atoms with van der Waals surface area (Å²) in [6, 6.07) is -0.0569. The Bertz CT molecular complexity index is 344. The van der Waals surface area contributed by atoms with Crippen molar-refractivity contribution >= 4 is 11.9 Å². The van der Waals surface area contributed by atoms with Crippen LogP contribution in [0.2, 0.25) is 0 Å². The molecule has 3 fully saturated rings. The number of nitrogens with zero attached hydrogens (tertiary/aromatic N) is 1. The van der Waals surface area contributed by atoms with Crippen molar-refractivity contribution in [1.82, 2.24) is 20.9 Å². The minimum absolute atomic E-state index is 0.193. The lowest BCUT2D eigenvalue weighted by Crippen LogP contribution is -2.45. The second-order valence-electron chi connectivity index (χ2n) is 5.67. The molecule has 0 bridgehead atoms. The maximum absolute atomic E-state index is 11.7. The molecule has 2 heterocycles. The summed E-state index contributed by atoms with van der Waals surface area (Å²) in [6.45, 7) is 4.39. The number of amides is 3. The summed E-state index contributed by atoms with van der Waals surface area (Å²) in [7, 11) is 0. The van der Waals surface area contributed by atoms with E-state index in [1.807, 2.05) is 0 Å². The van der Waals surface area contributed by atoms with Crippen LogP contribution in [0, 0.1) is 11.8 Å². The van der Waals surface area contributed by atoms with E-state index >= 15 is 0 Å². The molecule has 2 saturated heterocycles. The summed E-state index contributed by atoms with van der Waals surface area (Å²) in [6.07, 6.45) is 2.06. The number of likely N-dealkylation sites (tertiary alicyclic amines) is 1. The average molecular weight is 252 g/mol. The zero-order chi connectivity index (χ0) is 12.5. The monoisotopic (exact) mass is 252 g/mol. The van der Waals surface area contributed by atoms with E-state index in [0.29, 0.717) is 18.4 Å². The Hall–Kier alpha value is -1.14. The highest BCUT2D eigenvalue weighted by Crippen LogP contribution is 2.25. The normalized spacial score (nSPS) is 31.1. The molecule has 100 valence electrons. The molecule has 0 radical (unpaired) electrons. The summed E-state index contributed by atoms with van der Waals surface area (Å²) in [5.41, 5.74) is 0. The molecule has 0 spiro atoms. The van der Waals surface area contributed by atoms with E-state index in [2.05, 4.69) is 20.9 Å². The SMILES string of the molecule is O=C(CN1C[C@H]2CNC[C@H]2C1)NC(=O)NC1CC1. The molecule has 6 heteroatoms.